The van der Waals surface area contributed by atoms with E-state index in [-0.39, 0.29) is 5.57 Å². The van der Waals surface area contributed by atoms with Crippen LogP contribution in [0.4, 0.5) is 4.39 Å². The van der Waals surface area contributed by atoms with E-state index in [1.807, 2.05) is 6.92 Å². The molecule has 0 aromatic rings. The largest absolute Gasteiger partial charge is 0.491 e. The van der Waals surface area contributed by atoms with Crippen LogP contribution in [-0.2, 0) is 9.47 Å². The molecule has 0 aromatic carbocycles. The molecule has 0 spiro atoms. The third-order valence-electron chi connectivity index (χ3n) is 2.67. The van der Waals surface area contributed by atoms with E-state index in [9.17, 15) is 4.39 Å². The quantitative estimate of drug-likeness (QED) is 0.319. The van der Waals surface area contributed by atoms with Crippen molar-refractivity contribution in [2.75, 3.05) is 20.3 Å². The zero-order chi connectivity index (χ0) is 16.4. The second-order valence-electron chi connectivity index (χ2n) is 4.65. The van der Waals surface area contributed by atoms with E-state index in [0.717, 1.165) is 12.0 Å². The maximum absolute atomic E-state index is 13.9. The van der Waals surface area contributed by atoms with E-state index < -0.39 is 5.83 Å². The minimum atomic E-state index is -0.456. The topological polar surface area (TPSA) is 18.5 Å². The molecule has 21 heavy (non-hydrogen) atoms. The SMILES string of the molecule is C=C(C)/C=C(/F)C(=C)C(=C)/C=C(/OCCOC)C(=C)CC. The molecule has 0 saturated heterocycles. The van der Waals surface area contributed by atoms with Crippen molar-refractivity contribution < 1.29 is 13.9 Å². The van der Waals surface area contributed by atoms with Crippen LogP contribution in [0.1, 0.15) is 20.3 Å². The Bertz CT molecular complexity index is 481. The highest BCUT2D eigenvalue weighted by molar-refractivity contribution is 5.49. The molecule has 116 valence electrons. The van der Waals surface area contributed by atoms with Gasteiger partial charge in [-0.25, -0.2) is 4.39 Å². The fraction of sp³-hybridized carbons (Fsp3) is 0.333. The van der Waals surface area contributed by atoms with Gasteiger partial charge in [0.15, 0.2) is 0 Å². The monoisotopic (exact) mass is 292 g/mol. The van der Waals surface area contributed by atoms with Crippen LogP contribution < -0.4 is 0 Å². The van der Waals surface area contributed by atoms with Crippen LogP contribution in [-0.4, -0.2) is 20.3 Å². The van der Waals surface area contributed by atoms with E-state index >= 15 is 0 Å². The first-order chi connectivity index (χ1) is 9.83. The van der Waals surface area contributed by atoms with Gasteiger partial charge in [-0.3, -0.25) is 0 Å². The molecule has 0 aliphatic carbocycles. The molecule has 0 radical (unpaired) electrons. The molecule has 0 amide bonds. The summed E-state index contributed by atoms with van der Waals surface area (Å²) in [6.07, 6.45) is 3.69. The van der Waals surface area contributed by atoms with Crippen molar-refractivity contribution in [3.8, 4) is 0 Å². The Balaban J connectivity index is 5.08. The van der Waals surface area contributed by atoms with Gasteiger partial charge in [-0.1, -0.05) is 38.8 Å². The van der Waals surface area contributed by atoms with Crippen LogP contribution in [0, 0.1) is 0 Å². The van der Waals surface area contributed by atoms with Gasteiger partial charge in [0.25, 0.3) is 0 Å². The van der Waals surface area contributed by atoms with Crippen LogP contribution >= 0.6 is 0 Å². The summed E-state index contributed by atoms with van der Waals surface area (Å²) in [5.74, 6) is 0.117. The third kappa shape index (κ3) is 7.47. The normalized spacial score (nSPS) is 12.0. The summed E-state index contributed by atoms with van der Waals surface area (Å²) in [4.78, 5) is 0. The van der Waals surface area contributed by atoms with Crippen molar-refractivity contribution in [3.63, 3.8) is 0 Å². The molecule has 3 heteroatoms. The molecular weight excluding hydrogens is 267 g/mol. The molecule has 0 aromatic heterocycles. The Morgan fingerprint density at radius 2 is 1.71 bits per heavy atom. The fourth-order valence-corrected chi connectivity index (χ4v) is 1.36. The number of hydrogen-bond acceptors (Lipinski definition) is 2. The molecule has 0 heterocycles. The highest BCUT2D eigenvalue weighted by atomic mass is 19.1. The molecule has 0 bridgehead atoms. The standard InChI is InChI=1S/C18H25FO2/c1-8-14(4)18(21-10-9-20-7)12-15(5)16(6)17(19)11-13(2)3/h11-12H,2,4-6,8-10H2,1,3,7H3/b17-11+,18-12+. The van der Waals surface area contributed by atoms with Gasteiger partial charge in [-0.2, -0.15) is 0 Å². The average molecular weight is 292 g/mol. The van der Waals surface area contributed by atoms with Gasteiger partial charge < -0.3 is 9.47 Å². The number of halogens is 1. The lowest BCUT2D eigenvalue weighted by atomic mass is 10.0. The maximum Gasteiger partial charge on any atom is 0.130 e. The first kappa shape index (κ1) is 19.1. The summed E-state index contributed by atoms with van der Waals surface area (Å²) in [6.45, 7) is 19.6. The van der Waals surface area contributed by atoms with Crippen molar-refractivity contribution in [2.24, 2.45) is 0 Å². The number of rotatable bonds is 10. The lowest BCUT2D eigenvalue weighted by Crippen LogP contribution is -2.04. The first-order valence-electron chi connectivity index (χ1n) is 6.76. The second-order valence-corrected chi connectivity index (χ2v) is 4.65. The predicted octanol–water partition coefficient (Wildman–Crippen LogP) is 5.04. The Kier molecular flexibility index (Phi) is 9.06. The van der Waals surface area contributed by atoms with Crippen LogP contribution in [0.5, 0.6) is 0 Å². The molecule has 0 saturated carbocycles. The summed E-state index contributed by atoms with van der Waals surface area (Å²) < 4.78 is 24.4. The summed E-state index contributed by atoms with van der Waals surface area (Å²) in [5.41, 5.74) is 2.06. The Hall–Kier alpha value is -1.87. The summed E-state index contributed by atoms with van der Waals surface area (Å²) in [6, 6.07) is 0. The number of hydrogen-bond donors (Lipinski definition) is 0. The molecule has 0 aliphatic heterocycles. The van der Waals surface area contributed by atoms with Gasteiger partial charge in [0.2, 0.25) is 0 Å². The van der Waals surface area contributed by atoms with E-state index in [0.29, 0.717) is 30.1 Å². The van der Waals surface area contributed by atoms with Crippen molar-refractivity contribution >= 4 is 0 Å². The zero-order valence-electron chi connectivity index (χ0n) is 13.3. The Labute approximate surface area is 127 Å². The van der Waals surface area contributed by atoms with Gasteiger partial charge in [0.1, 0.15) is 18.2 Å². The number of ether oxygens (including phenoxy) is 2. The third-order valence-corrected chi connectivity index (χ3v) is 2.67. The molecule has 0 N–H and O–H groups in total. The summed E-state index contributed by atoms with van der Waals surface area (Å²) >= 11 is 0. The van der Waals surface area contributed by atoms with E-state index in [1.165, 1.54) is 6.08 Å². The van der Waals surface area contributed by atoms with E-state index in [2.05, 4.69) is 26.3 Å². The van der Waals surface area contributed by atoms with Crippen molar-refractivity contribution in [3.05, 3.63) is 72.3 Å². The van der Waals surface area contributed by atoms with Gasteiger partial charge >= 0.3 is 0 Å². The molecule has 0 rings (SSSR count). The van der Waals surface area contributed by atoms with Crippen LogP contribution in [0.15, 0.2) is 72.3 Å². The second kappa shape index (κ2) is 9.94. The molecule has 2 nitrogen and oxygen atoms in total. The molecular formula is C18H25FO2. The predicted molar refractivity (Wildman–Crippen MR) is 87.6 cm³/mol. The van der Waals surface area contributed by atoms with Crippen LogP contribution in [0.3, 0.4) is 0 Å². The molecule has 0 fully saturated rings. The van der Waals surface area contributed by atoms with E-state index in [4.69, 9.17) is 9.47 Å². The summed E-state index contributed by atoms with van der Waals surface area (Å²) in [5, 5.41) is 0. The minimum Gasteiger partial charge on any atom is -0.491 e. The molecule has 0 aliphatic rings. The van der Waals surface area contributed by atoms with Gasteiger partial charge in [-0.15, -0.1) is 0 Å². The average Bonchev–Trinajstić information content (AvgIpc) is 2.43. The fourth-order valence-electron chi connectivity index (χ4n) is 1.36. The number of methoxy groups -OCH3 is 1. The lowest BCUT2D eigenvalue weighted by molar-refractivity contribution is 0.112. The van der Waals surface area contributed by atoms with Crippen LogP contribution in [0.25, 0.3) is 0 Å². The van der Waals surface area contributed by atoms with Gasteiger partial charge in [0.05, 0.1) is 6.61 Å². The van der Waals surface area contributed by atoms with E-state index in [1.54, 1.807) is 20.1 Å². The zero-order valence-corrected chi connectivity index (χ0v) is 13.3. The first-order valence-corrected chi connectivity index (χ1v) is 6.76. The molecule has 0 atom stereocenters. The van der Waals surface area contributed by atoms with Gasteiger partial charge in [-0.05, 0) is 36.6 Å². The van der Waals surface area contributed by atoms with Crippen LogP contribution in [0.2, 0.25) is 0 Å². The van der Waals surface area contributed by atoms with Gasteiger partial charge in [0, 0.05) is 12.7 Å². The Morgan fingerprint density at radius 1 is 1.10 bits per heavy atom. The van der Waals surface area contributed by atoms with Crippen molar-refractivity contribution in [1.82, 2.24) is 0 Å². The minimum absolute atomic E-state index is 0.203. The molecule has 0 unspecified atom stereocenters. The maximum atomic E-state index is 13.9. The highest BCUT2D eigenvalue weighted by Crippen LogP contribution is 2.23. The van der Waals surface area contributed by atoms with Crippen molar-refractivity contribution in [1.29, 1.82) is 0 Å². The Morgan fingerprint density at radius 3 is 2.19 bits per heavy atom. The smallest absolute Gasteiger partial charge is 0.130 e. The lowest BCUT2D eigenvalue weighted by Gasteiger charge is -2.13. The highest BCUT2D eigenvalue weighted by Gasteiger charge is 2.08. The van der Waals surface area contributed by atoms with Crippen molar-refractivity contribution in [2.45, 2.75) is 20.3 Å². The summed E-state index contributed by atoms with van der Waals surface area (Å²) in [7, 11) is 1.60. The number of allylic oxidation sites excluding steroid dienone is 7.